The summed E-state index contributed by atoms with van der Waals surface area (Å²) in [5.41, 5.74) is 1.07. The molecule has 3 nitrogen and oxygen atoms in total. The molecule has 0 fully saturated rings. The summed E-state index contributed by atoms with van der Waals surface area (Å²) in [6, 6.07) is 1.65. The van der Waals surface area contributed by atoms with Crippen LogP contribution in [-0.2, 0) is 6.42 Å². The van der Waals surface area contributed by atoms with Crippen LogP contribution in [0.5, 0.6) is 0 Å². The number of nitrogens with zero attached hydrogens (tertiary/aromatic N) is 1. The summed E-state index contributed by atoms with van der Waals surface area (Å²) in [7, 11) is 0. The molecule has 0 aliphatic rings. The van der Waals surface area contributed by atoms with E-state index in [-0.39, 0.29) is 9.92 Å². The van der Waals surface area contributed by atoms with Gasteiger partial charge in [-0.05, 0) is 12.0 Å². The molecule has 0 spiro atoms. The Hall–Kier alpha value is -0.900. The van der Waals surface area contributed by atoms with Crippen molar-refractivity contribution in [3.05, 3.63) is 27.1 Å². The van der Waals surface area contributed by atoms with E-state index in [1.165, 1.54) is 11.3 Å². The average Bonchev–Trinajstić information content (AvgIpc) is 2.37. The lowest BCUT2D eigenvalue weighted by atomic mass is 10.2. The summed E-state index contributed by atoms with van der Waals surface area (Å²) in [4.78, 5) is 9.89. The van der Waals surface area contributed by atoms with Crippen molar-refractivity contribution in [3.63, 3.8) is 0 Å². The minimum atomic E-state index is -0.343. The predicted octanol–water partition coefficient (Wildman–Crippen LogP) is 2.61. The maximum Gasteiger partial charge on any atom is 0.324 e. The molecule has 0 N–H and O–H groups in total. The van der Waals surface area contributed by atoms with Crippen LogP contribution in [0.3, 0.4) is 0 Å². The van der Waals surface area contributed by atoms with Crippen molar-refractivity contribution in [1.29, 1.82) is 0 Å². The fraction of sp³-hybridized carbons (Fsp3) is 0.429. The Morgan fingerprint density at radius 1 is 1.73 bits per heavy atom. The van der Waals surface area contributed by atoms with Gasteiger partial charge < -0.3 is 0 Å². The van der Waals surface area contributed by atoms with Crippen LogP contribution in [0.4, 0.5) is 5.00 Å². The van der Waals surface area contributed by atoms with Crippen molar-refractivity contribution in [3.8, 4) is 0 Å². The van der Waals surface area contributed by atoms with Crippen LogP contribution < -0.4 is 0 Å². The number of thiophene rings is 1. The molecular formula is C7H9NO2S. The Morgan fingerprint density at radius 2 is 2.45 bits per heavy atom. The van der Waals surface area contributed by atoms with Crippen LogP contribution in [0, 0.1) is 10.1 Å². The first-order valence-corrected chi connectivity index (χ1v) is 4.33. The molecule has 60 valence electrons. The van der Waals surface area contributed by atoms with Crippen LogP contribution in [0.25, 0.3) is 0 Å². The second-order valence-corrected chi connectivity index (χ2v) is 3.19. The van der Waals surface area contributed by atoms with E-state index in [0.717, 1.165) is 18.4 Å². The Morgan fingerprint density at radius 3 is 2.91 bits per heavy atom. The number of hydrogen-bond donors (Lipinski definition) is 0. The maximum absolute atomic E-state index is 10.2. The number of rotatable bonds is 3. The van der Waals surface area contributed by atoms with Gasteiger partial charge in [0, 0.05) is 11.4 Å². The van der Waals surface area contributed by atoms with Gasteiger partial charge in [-0.25, -0.2) is 0 Å². The first-order chi connectivity index (χ1) is 5.24. The average molecular weight is 171 g/mol. The van der Waals surface area contributed by atoms with Crippen LogP contribution in [0.15, 0.2) is 11.4 Å². The smallest absolute Gasteiger partial charge is 0.258 e. The van der Waals surface area contributed by atoms with Gasteiger partial charge in [0.15, 0.2) is 0 Å². The summed E-state index contributed by atoms with van der Waals surface area (Å²) in [5, 5.41) is 12.3. The molecule has 0 atom stereocenters. The van der Waals surface area contributed by atoms with E-state index in [1.54, 1.807) is 6.07 Å². The third-order valence-corrected chi connectivity index (χ3v) is 2.29. The van der Waals surface area contributed by atoms with Gasteiger partial charge in [-0.3, -0.25) is 10.1 Å². The largest absolute Gasteiger partial charge is 0.324 e. The summed E-state index contributed by atoms with van der Waals surface area (Å²) < 4.78 is 0. The zero-order valence-electron chi connectivity index (χ0n) is 6.24. The molecule has 1 rings (SSSR count). The quantitative estimate of drug-likeness (QED) is 0.518. The predicted molar refractivity (Wildman–Crippen MR) is 45.0 cm³/mol. The van der Waals surface area contributed by atoms with E-state index in [1.807, 2.05) is 5.38 Å². The third-order valence-electron chi connectivity index (χ3n) is 1.36. The van der Waals surface area contributed by atoms with Crippen molar-refractivity contribution >= 4 is 16.3 Å². The van der Waals surface area contributed by atoms with Gasteiger partial charge in [0.25, 0.3) is 0 Å². The Kier molecular flexibility index (Phi) is 2.59. The molecule has 4 heteroatoms. The van der Waals surface area contributed by atoms with Crippen molar-refractivity contribution < 1.29 is 4.92 Å². The van der Waals surface area contributed by atoms with Crippen molar-refractivity contribution in [2.75, 3.05) is 0 Å². The fourth-order valence-electron chi connectivity index (χ4n) is 0.878. The molecule has 0 bridgehead atoms. The van der Waals surface area contributed by atoms with E-state index in [2.05, 4.69) is 6.92 Å². The molecule has 1 aromatic rings. The standard InChI is InChI=1S/C7H9NO2S/c1-2-3-6-4-7(8(9)10)11-5-6/h4-5H,2-3H2,1H3. The van der Waals surface area contributed by atoms with Gasteiger partial charge >= 0.3 is 5.00 Å². The van der Waals surface area contributed by atoms with E-state index in [0.29, 0.717) is 0 Å². The molecule has 1 heterocycles. The topological polar surface area (TPSA) is 43.1 Å². The summed E-state index contributed by atoms with van der Waals surface area (Å²) in [5.74, 6) is 0. The molecule has 0 aliphatic heterocycles. The Bertz CT molecular complexity index is 257. The number of aryl methyl sites for hydroxylation is 1. The van der Waals surface area contributed by atoms with Gasteiger partial charge in [-0.1, -0.05) is 24.7 Å². The van der Waals surface area contributed by atoms with Gasteiger partial charge in [0.1, 0.15) is 0 Å². The van der Waals surface area contributed by atoms with Crippen molar-refractivity contribution in [2.24, 2.45) is 0 Å². The Labute approximate surface area is 68.8 Å². The number of nitro groups is 1. The van der Waals surface area contributed by atoms with Crippen molar-refractivity contribution in [1.82, 2.24) is 0 Å². The Balaban J connectivity index is 2.73. The second-order valence-electron chi connectivity index (χ2n) is 2.30. The summed E-state index contributed by atoms with van der Waals surface area (Å²) in [6.45, 7) is 2.06. The molecule has 0 unspecified atom stereocenters. The monoisotopic (exact) mass is 171 g/mol. The van der Waals surface area contributed by atoms with Crippen LogP contribution in [0.1, 0.15) is 18.9 Å². The van der Waals surface area contributed by atoms with Gasteiger partial charge in [-0.15, -0.1) is 0 Å². The third kappa shape index (κ3) is 2.01. The fourth-order valence-corrected chi connectivity index (χ4v) is 1.64. The SMILES string of the molecule is CCCc1csc([N+](=O)[O-])c1. The van der Waals surface area contributed by atoms with Crippen molar-refractivity contribution in [2.45, 2.75) is 19.8 Å². The van der Waals surface area contributed by atoms with E-state index >= 15 is 0 Å². The van der Waals surface area contributed by atoms with Crippen LogP contribution >= 0.6 is 11.3 Å². The molecule has 0 saturated carbocycles. The number of hydrogen-bond acceptors (Lipinski definition) is 3. The molecule has 1 aromatic heterocycles. The highest BCUT2D eigenvalue weighted by molar-refractivity contribution is 7.13. The molecule has 11 heavy (non-hydrogen) atoms. The van der Waals surface area contributed by atoms with Gasteiger partial charge in [-0.2, -0.15) is 0 Å². The normalized spacial score (nSPS) is 9.91. The van der Waals surface area contributed by atoms with Gasteiger partial charge in [0.05, 0.1) is 4.92 Å². The molecule has 0 saturated heterocycles. The molecular weight excluding hydrogens is 162 g/mol. The maximum atomic E-state index is 10.2. The summed E-state index contributed by atoms with van der Waals surface area (Å²) >= 11 is 1.20. The molecule has 0 radical (unpaired) electrons. The summed E-state index contributed by atoms with van der Waals surface area (Å²) in [6.07, 6.45) is 1.97. The lowest BCUT2D eigenvalue weighted by Gasteiger charge is -1.86. The second kappa shape index (κ2) is 3.48. The van der Waals surface area contributed by atoms with Gasteiger partial charge in [0.2, 0.25) is 0 Å². The van der Waals surface area contributed by atoms with E-state index < -0.39 is 0 Å². The highest BCUT2D eigenvalue weighted by Gasteiger charge is 2.07. The zero-order valence-corrected chi connectivity index (χ0v) is 7.06. The highest BCUT2D eigenvalue weighted by atomic mass is 32.1. The molecule has 0 amide bonds. The highest BCUT2D eigenvalue weighted by Crippen LogP contribution is 2.23. The molecule has 0 aromatic carbocycles. The zero-order chi connectivity index (χ0) is 8.27. The minimum Gasteiger partial charge on any atom is -0.258 e. The minimum absolute atomic E-state index is 0.244. The lowest BCUT2D eigenvalue weighted by molar-refractivity contribution is -0.380. The lowest BCUT2D eigenvalue weighted by Crippen LogP contribution is -1.82. The first kappa shape index (κ1) is 8.20. The first-order valence-electron chi connectivity index (χ1n) is 3.46. The van der Waals surface area contributed by atoms with Crippen LogP contribution in [0.2, 0.25) is 0 Å². The van der Waals surface area contributed by atoms with E-state index in [4.69, 9.17) is 0 Å². The van der Waals surface area contributed by atoms with E-state index in [9.17, 15) is 10.1 Å². The molecule has 0 aliphatic carbocycles. The van der Waals surface area contributed by atoms with Crippen LogP contribution in [-0.4, -0.2) is 4.92 Å².